The van der Waals surface area contributed by atoms with Crippen LogP contribution in [-0.4, -0.2) is 32.8 Å². The van der Waals surface area contributed by atoms with Crippen molar-refractivity contribution in [2.24, 2.45) is 0 Å². The summed E-state index contributed by atoms with van der Waals surface area (Å²) in [6.45, 7) is 3.48. The fourth-order valence-corrected chi connectivity index (χ4v) is 4.26. The van der Waals surface area contributed by atoms with Crippen LogP contribution in [0.4, 0.5) is 0 Å². The Bertz CT molecular complexity index is 1590. The number of benzene rings is 2. The lowest BCUT2D eigenvalue weighted by Crippen LogP contribution is -2.42. The molecule has 0 bridgehead atoms. The minimum absolute atomic E-state index is 0.0395. The van der Waals surface area contributed by atoms with Gasteiger partial charge < -0.3 is 4.42 Å². The van der Waals surface area contributed by atoms with Crippen LogP contribution < -0.4 is 0 Å². The number of rotatable bonds is 4. The van der Waals surface area contributed by atoms with Gasteiger partial charge in [0.2, 0.25) is 5.89 Å². The third-order valence-corrected chi connectivity index (χ3v) is 6.17. The van der Waals surface area contributed by atoms with Gasteiger partial charge in [0.1, 0.15) is 11.6 Å². The third-order valence-electron chi connectivity index (χ3n) is 5.92. The van der Waals surface area contributed by atoms with Crippen molar-refractivity contribution in [3.8, 4) is 23.2 Å². The minimum atomic E-state index is -0.573. The quantitative estimate of drug-likeness (QED) is 0.281. The molecule has 0 fully saturated rings. The zero-order valence-corrected chi connectivity index (χ0v) is 19.7. The first-order chi connectivity index (χ1) is 16.9. The van der Waals surface area contributed by atoms with Crippen LogP contribution in [0.5, 0.6) is 0 Å². The van der Waals surface area contributed by atoms with Crippen LogP contribution in [0.15, 0.2) is 81.8 Å². The molecule has 4 aromatic rings. The van der Waals surface area contributed by atoms with Gasteiger partial charge >= 0.3 is 0 Å². The Hall–Kier alpha value is -4.41. The Labute approximate surface area is 206 Å². The van der Waals surface area contributed by atoms with E-state index in [1.165, 1.54) is 0 Å². The molecule has 35 heavy (non-hydrogen) atoms. The van der Waals surface area contributed by atoms with Gasteiger partial charge in [-0.05, 0) is 61.9 Å². The molecule has 8 heteroatoms. The minimum Gasteiger partial charge on any atom is -0.434 e. The van der Waals surface area contributed by atoms with Gasteiger partial charge in [-0.2, -0.15) is 10.2 Å². The number of nitrogens with zero attached hydrogens (tertiary/aromatic N) is 4. The van der Waals surface area contributed by atoms with Gasteiger partial charge in [-0.3, -0.25) is 19.1 Å². The number of nitriles is 1. The fourth-order valence-electron chi connectivity index (χ4n) is 4.13. The first-order valence-corrected chi connectivity index (χ1v) is 11.3. The molecule has 0 atom stereocenters. The van der Waals surface area contributed by atoms with E-state index < -0.39 is 11.8 Å². The Morgan fingerprint density at radius 1 is 1.09 bits per heavy atom. The first-order valence-electron chi connectivity index (χ1n) is 11.0. The van der Waals surface area contributed by atoms with E-state index in [1.807, 2.05) is 53.1 Å². The number of halogens is 1. The van der Waals surface area contributed by atoms with Gasteiger partial charge in [0.15, 0.2) is 11.2 Å². The van der Waals surface area contributed by atoms with Crippen LogP contribution in [0.25, 0.3) is 34.4 Å². The highest BCUT2D eigenvalue weighted by Gasteiger charge is 2.34. The lowest BCUT2D eigenvalue weighted by molar-refractivity contribution is -0.140. The van der Waals surface area contributed by atoms with Gasteiger partial charge in [0, 0.05) is 34.5 Å². The number of carbonyl (C=O) groups is 2. The van der Waals surface area contributed by atoms with E-state index in [4.69, 9.17) is 21.0 Å². The van der Waals surface area contributed by atoms with Gasteiger partial charge in [-0.25, -0.2) is 0 Å². The molecule has 1 aliphatic heterocycles. The molecule has 5 rings (SSSR count). The summed E-state index contributed by atoms with van der Waals surface area (Å²) in [7, 11) is 0. The fraction of sp³-hybridized carbons (Fsp3) is 0.111. The van der Waals surface area contributed by atoms with Crippen LogP contribution in [-0.2, 0) is 9.59 Å². The molecule has 2 aromatic heterocycles. The highest BCUT2D eigenvalue weighted by atomic mass is 35.5. The molecule has 2 amide bonds. The largest absolute Gasteiger partial charge is 0.434 e. The molecule has 0 radical (unpaired) electrons. The van der Waals surface area contributed by atoms with Crippen molar-refractivity contribution in [3.63, 3.8) is 0 Å². The summed E-state index contributed by atoms with van der Waals surface area (Å²) >= 11 is 6.01. The molecule has 7 nitrogen and oxygen atoms in total. The predicted molar refractivity (Wildman–Crippen MR) is 132 cm³/mol. The van der Waals surface area contributed by atoms with E-state index >= 15 is 0 Å². The molecule has 0 saturated heterocycles. The second kappa shape index (κ2) is 8.75. The van der Waals surface area contributed by atoms with E-state index in [-0.39, 0.29) is 17.7 Å². The van der Waals surface area contributed by atoms with Crippen molar-refractivity contribution in [1.29, 1.82) is 5.26 Å². The van der Waals surface area contributed by atoms with Crippen LogP contribution in [0, 0.1) is 11.3 Å². The van der Waals surface area contributed by atoms with E-state index in [1.54, 1.807) is 38.1 Å². The van der Waals surface area contributed by atoms with Gasteiger partial charge in [-0.15, -0.1) is 0 Å². The first kappa shape index (κ1) is 22.4. The maximum Gasteiger partial charge on any atom is 0.271 e. The van der Waals surface area contributed by atoms with Crippen LogP contribution >= 0.6 is 11.6 Å². The summed E-state index contributed by atoms with van der Waals surface area (Å²) in [5, 5.41) is 10.2. The topological polar surface area (TPSA) is 92.1 Å². The molecule has 2 aromatic carbocycles. The van der Waals surface area contributed by atoms with Gasteiger partial charge in [0.25, 0.3) is 11.8 Å². The monoisotopic (exact) mass is 482 g/mol. The normalized spacial score (nSPS) is 15.4. The summed E-state index contributed by atoms with van der Waals surface area (Å²) in [4.78, 5) is 31.5. The molecule has 1 aliphatic rings. The lowest BCUT2D eigenvalue weighted by Gasteiger charge is -2.26. The van der Waals surface area contributed by atoms with Crippen LogP contribution in [0.1, 0.15) is 19.5 Å². The van der Waals surface area contributed by atoms with Crippen molar-refractivity contribution in [3.05, 3.63) is 88.1 Å². The zero-order valence-electron chi connectivity index (χ0n) is 18.9. The zero-order chi connectivity index (χ0) is 24.7. The average Bonchev–Trinajstić information content (AvgIpc) is 3.41. The lowest BCUT2D eigenvalue weighted by atomic mass is 9.94. The molecule has 0 saturated carbocycles. The van der Waals surface area contributed by atoms with E-state index in [0.29, 0.717) is 33.4 Å². The smallest absolute Gasteiger partial charge is 0.271 e. The molecule has 0 N–H and O–H groups in total. The molecular weight excluding hydrogens is 464 g/mol. The highest BCUT2D eigenvalue weighted by Crippen LogP contribution is 2.33. The summed E-state index contributed by atoms with van der Waals surface area (Å²) in [6.07, 6.45) is 1.68. The number of hydrogen-bond donors (Lipinski definition) is 0. The number of aromatic nitrogens is 2. The number of hydrogen-bond acceptors (Lipinski definition) is 5. The van der Waals surface area contributed by atoms with Crippen molar-refractivity contribution in [2.45, 2.75) is 13.8 Å². The summed E-state index contributed by atoms with van der Waals surface area (Å²) in [6, 6.07) is 20.5. The SMILES string of the molecule is CCN1C(=O)C(C#N)=C(C)/C(=C/c2cc3oc(-c4ccc(Cl)cc4)nc3n2-c2ccccc2)C1=O. The summed E-state index contributed by atoms with van der Waals surface area (Å²) in [5.74, 6) is -0.577. The average molecular weight is 483 g/mol. The van der Waals surface area contributed by atoms with Crippen molar-refractivity contribution >= 4 is 40.7 Å². The van der Waals surface area contributed by atoms with Crippen molar-refractivity contribution in [2.75, 3.05) is 6.54 Å². The Morgan fingerprint density at radius 2 is 1.80 bits per heavy atom. The number of imide groups is 1. The maximum atomic E-state index is 13.1. The molecule has 0 spiro atoms. The standard InChI is InChI=1S/C27H19ClN4O3/c1-3-31-26(33)21(16(2)22(15-29)27(31)34)13-20-14-23-24(32(20)19-7-5-4-6-8-19)30-25(35-23)17-9-11-18(28)12-10-17/h4-14H,3H2,1-2H3/b21-13-. The Kier molecular flexibility index (Phi) is 5.59. The van der Waals surface area contributed by atoms with E-state index in [2.05, 4.69) is 0 Å². The Morgan fingerprint density at radius 3 is 2.46 bits per heavy atom. The van der Waals surface area contributed by atoms with Crippen molar-refractivity contribution < 1.29 is 14.0 Å². The summed E-state index contributed by atoms with van der Waals surface area (Å²) in [5.41, 5.74) is 3.91. The molecule has 0 aliphatic carbocycles. The predicted octanol–water partition coefficient (Wildman–Crippen LogP) is 5.55. The highest BCUT2D eigenvalue weighted by molar-refractivity contribution is 6.30. The second-order valence-corrected chi connectivity index (χ2v) is 8.41. The van der Waals surface area contributed by atoms with Gasteiger partial charge in [-0.1, -0.05) is 29.8 Å². The number of amides is 2. The van der Waals surface area contributed by atoms with Crippen molar-refractivity contribution in [1.82, 2.24) is 14.5 Å². The number of para-hydroxylation sites is 1. The number of fused-ring (bicyclic) bond motifs is 1. The second-order valence-electron chi connectivity index (χ2n) is 7.98. The van der Waals surface area contributed by atoms with Gasteiger partial charge in [0.05, 0.1) is 5.69 Å². The number of oxazole rings is 1. The summed E-state index contributed by atoms with van der Waals surface area (Å²) < 4.78 is 7.94. The van der Waals surface area contributed by atoms with E-state index in [0.717, 1.165) is 16.2 Å². The van der Waals surface area contributed by atoms with Crippen LogP contribution in [0.3, 0.4) is 0 Å². The van der Waals surface area contributed by atoms with E-state index in [9.17, 15) is 14.9 Å². The Balaban J connectivity index is 1.73. The molecule has 0 unspecified atom stereocenters. The molecular formula is C27H19ClN4O3. The van der Waals surface area contributed by atoms with Crippen LogP contribution in [0.2, 0.25) is 5.02 Å². The maximum absolute atomic E-state index is 13.1. The molecule has 172 valence electrons. The third kappa shape index (κ3) is 3.74. The number of carbonyl (C=O) groups excluding carboxylic acids is 2. The number of likely N-dealkylation sites (N-methyl/N-ethyl adjacent to an activating group) is 1. The molecule has 3 heterocycles.